The molecule has 1 saturated heterocycles. The van der Waals surface area contributed by atoms with Crippen LogP contribution in [0.25, 0.3) is 10.9 Å². The molecule has 1 aliphatic rings. The molecule has 0 spiro atoms. The Hall–Kier alpha value is -2.47. The molecule has 1 fully saturated rings. The first-order valence-electron chi connectivity index (χ1n) is 8.91. The normalized spacial score (nSPS) is 14.3. The highest BCUT2D eigenvalue weighted by atomic mass is 35.5. The number of rotatable bonds is 5. The molecule has 2 amide bonds. The van der Waals surface area contributed by atoms with Crippen molar-refractivity contribution in [3.63, 3.8) is 0 Å². The van der Waals surface area contributed by atoms with E-state index in [0.717, 1.165) is 71.6 Å². The molecule has 3 aromatic rings. The molecule has 26 heavy (non-hydrogen) atoms. The number of hydrogen-bond acceptors (Lipinski definition) is 3. The Morgan fingerprint density at radius 1 is 1.27 bits per heavy atom. The van der Waals surface area contributed by atoms with Crippen molar-refractivity contribution in [3.05, 3.63) is 52.5 Å². The van der Waals surface area contributed by atoms with Crippen molar-refractivity contribution >= 4 is 28.5 Å². The number of H-pyrrole nitrogens is 1. The van der Waals surface area contributed by atoms with Crippen LogP contribution in [0.2, 0.25) is 5.02 Å². The van der Waals surface area contributed by atoms with Crippen molar-refractivity contribution < 1.29 is 9.32 Å². The van der Waals surface area contributed by atoms with Gasteiger partial charge in [-0.2, -0.15) is 0 Å². The number of fused-ring (bicyclic) bond motifs is 1. The maximum absolute atomic E-state index is 12.1. The maximum atomic E-state index is 12.1. The molecule has 0 unspecified atom stereocenters. The molecule has 0 bridgehead atoms. The summed E-state index contributed by atoms with van der Waals surface area (Å²) in [6, 6.07) is 7.95. The highest BCUT2D eigenvalue weighted by molar-refractivity contribution is 6.32. The Labute approximate surface area is 156 Å². The minimum absolute atomic E-state index is 0.00693. The molecule has 7 heteroatoms. The van der Waals surface area contributed by atoms with Gasteiger partial charge < -0.3 is 19.7 Å². The molecule has 0 radical (unpaired) electrons. The molecule has 136 valence electrons. The zero-order chi connectivity index (χ0) is 17.9. The van der Waals surface area contributed by atoms with Gasteiger partial charge >= 0.3 is 6.03 Å². The molecule has 1 aromatic carbocycles. The van der Waals surface area contributed by atoms with Gasteiger partial charge in [-0.3, -0.25) is 0 Å². The summed E-state index contributed by atoms with van der Waals surface area (Å²) >= 11 is 6.43. The number of likely N-dealkylation sites (tertiary alicyclic amines) is 1. The predicted molar refractivity (Wildman–Crippen MR) is 100 cm³/mol. The number of carbonyl (C=O) groups excluding carboxylic acids is 1. The monoisotopic (exact) mass is 372 g/mol. The van der Waals surface area contributed by atoms with Gasteiger partial charge in [0.05, 0.1) is 12.2 Å². The number of nitrogens with zero attached hydrogens (tertiary/aromatic N) is 2. The lowest BCUT2D eigenvalue weighted by Gasteiger charge is -2.15. The number of aromatic amines is 1. The van der Waals surface area contributed by atoms with Crippen molar-refractivity contribution in [2.45, 2.75) is 32.2 Å². The van der Waals surface area contributed by atoms with Crippen LogP contribution in [-0.2, 0) is 19.4 Å². The standard InChI is InChI=1S/C19H21ClN4O2/c20-17-10-14-9-16(12-21-19(25)24-6-1-2-7-24)22-18(14)11-13(17)3-4-15-5-8-26-23-15/h5,8-11,22H,1-4,6-7,12H2,(H,21,25). The van der Waals surface area contributed by atoms with Crippen LogP contribution in [0.3, 0.4) is 0 Å². The van der Waals surface area contributed by atoms with Gasteiger partial charge in [-0.05, 0) is 49.4 Å². The first kappa shape index (κ1) is 17.0. The van der Waals surface area contributed by atoms with Crippen LogP contribution in [0.1, 0.15) is 29.8 Å². The lowest BCUT2D eigenvalue weighted by molar-refractivity contribution is 0.208. The maximum Gasteiger partial charge on any atom is 0.317 e. The number of nitrogens with one attached hydrogen (secondary N) is 2. The Kier molecular flexibility index (Phi) is 4.84. The lowest BCUT2D eigenvalue weighted by Crippen LogP contribution is -2.37. The number of carbonyl (C=O) groups is 1. The van der Waals surface area contributed by atoms with E-state index in [9.17, 15) is 4.79 Å². The number of urea groups is 1. The summed E-state index contributed by atoms with van der Waals surface area (Å²) in [5.41, 5.74) is 3.97. The Balaban J connectivity index is 1.43. The summed E-state index contributed by atoms with van der Waals surface area (Å²) in [6.07, 6.45) is 5.33. The average molecular weight is 373 g/mol. The van der Waals surface area contributed by atoms with Gasteiger partial charge in [-0.15, -0.1) is 0 Å². The van der Waals surface area contributed by atoms with Crippen LogP contribution in [0.15, 0.2) is 35.1 Å². The van der Waals surface area contributed by atoms with E-state index in [1.165, 1.54) is 0 Å². The molecule has 2 aromatic heterocycles. The Morgan fingerprint density at radius 2 is 2.12 bits per heavy atom. The molecule has 1 aliphatic heterocycles. The van der Waals surface area contributed by atoms with Crippen molar-refractivity contribution in [2.75, 3.05) is 13.1 Å². The van der Waals surface area contributed by atoms with E-state index in [1.54, 1.807) is 6.26 Å². The van der Waals surface area contributed by atoms with Crippen LogP contribution in [0.4, 0.5) is 4.79 Å². The second-order valence-corrected chi connectivity index (χ2v) is 7.08. The van der Waals surface area contributed by atoms with Crippen LogP contribution in [0.5, 0.6) is 0 Å². The predicted octanol–water partition coefficient (Wildman–Crippen LogP) is 3.90. The van der Waals surface area contributed by atoms with Gasteiger partial charge in [-0.25, -0.2) is 4.79 Å². The Bertz CT molecular complexity index is 898. The van der Waals surface area contributed by atoms with Crippen molar-refractivity contribution in [1.82, 2.24) is 20.4 Å². The van der Waals surface area contributed by atoms with Gasteiger partial charge in [0, 0.05) is 40.8 Å². The van der Waals surface area contributed by atoms with Gasteiger partial charge in [0.25, 0.3) is 0 Å². The summed E-state index contributed by atoms with van der Waals surface area (Å²) in [4.78, 5) is 17.3. The van der Waals surface area contributed by atoms with E-state index in [0.29, 0.717) is 6.54 Å². The summed E-state index contributed by atoms with van der Waals surface area (Å²) in [5.74, 6) is 0. The fourth-order valence-corrected chi connectivity index (χ4v) is 3.64. The summed E-state index contributed by atoms with van der Waals surface area (Å²) in [7, 11) is 0. The van der Waals surface area contributed by atoms with Gasteiger partial charge in [0.2, 0.25) is 0 Å². The molecule has 4 rings (SSSR count). The fourth-order valence-electron chi connectivity index (χ4n) is 3.38. The number of benzene rings is 1. The van der Waals surface area contributed by atoms with Crippen molar-refractivity contribution in [1.29, 1.82) is 0 Å². The molecule has 6 nitrogen and oxygen atoms in total. The van der Waals surface area contributed by atoms with Crippen molar-refractivity contribution in [3.8, 4) is 0 Å². The zero-order valence-corrected chi connectivity index (χ0v) is 15.2. The minimum Gasteiger partial charge on any atom is -0.365 e. The number of aryl methyl sites for hydroxylation is 2. The third-order valence-corrected chi connectivity index (χ3v) is 5.16. The molecule has 2 N–H and O–H groups in total. The topological polar surface area (TPSA) is 74.2 Å². The molecule has 0 saturated carbocycles. The highest BCUT2D eigenvalue weighted by Gasteiger charge is 2.17. The highest BCUT2D eigenvalue weighted by Crippen LogP contribution is 2.26. The zero-order valence-electron chi connectivity index (χ0n) is 14.4. The van der Waals surface area contributed by atoms with E-state index >= 15 is 0 Å². The number of hydrogen-bond donors (Lipinski definition) is 2. The van der Waals surface area contributed by atoms with Crippen LogP contribution >= 0.6 is 11.6 Å². The van der Waals surface area contributed by atoms with Crippen LogP contribution < -0.4 is 5.32 Å². The van der Waals surface area contributed by atoms with Gasteiger partial charge in [-0.1, -0.05) is 16.8 Å². The molecular formula is C19H21ClN4O2. The first-order valence-corrected chi connectivity index (χ1v) is 9.29. The summed E-state index contributed by atoms with van der Waals surface area (Å²) in [5, 5.41) is 8.70. The smallest absolute Gasteiger partial charge is 0.317 e. The van der Waals surface area contributed by atoms with E-state index in [2.05, 4.69) is 21.5 Å². The average Bonchev–Trinajstić information content (AvgIpc) is 3.38. The summed E-state index contributed by atoms with van der Waals surface area (Å²) in [6.45, 7) is 2.18. The van der Waals surface area contributed by atoms with E-state index in [1.807, 2.05) is 23.1 Å². The van der Waals surface area contributed by atoms with E-state index < -0.39 is 0 Å². The van der Waals surface area contributed by atoms with Crippen LogP contribution in [0, 0.1) is 0 Å². The number of halogens is 1. The molecule has 0 aliphatic carbocycles. The third-order valence-electron chi connectivity index (χ3n) is 4.81. The quantitative estimate of drug-likeness (QED) is 0.713. The largest absolute Gasteiger partial charge is 0.365 e. The minimum atomic E-state index is 0.00693. The van der Waals surface area contributed by atoms with E-state index in [4.69, 9.17) is 16.1 Å². The fraction of sp³-hybridized carbons (Fsp3) is 0.368. The molecular weight excluding hydrogens is 352 g/mol. The first-order chi connectivity index (χ1) is 12.7. The lowest BCUT2D eigenvalue weighted by atomic mass is 10.1. The van der Waals surface area contributed by atoms with Crippen molar-refractivity contribution in [2.24, 2.45) is 0 Å². The third kappa shape index (κ3) is 3.70. The summed E-state index contributed by atoms with van der Waals surface area (Å²) < 4.78 is 4.86. The van der Waals surface area contributed by atoms with Gasteiger partial charge in [0.15, 0.2) is 0 Å². The van der Waals surface area contributed by atoms with Crippen LogP contribution in [-0.4, -0.2) is 34.2 Å². The van der Waals surface area contributed by atoms with Gasteiger partial charge in [0.1, 0.15) is 6.26 Å². The van der Waals surface area contributed by atoms with E-state index in [-0.39, 0.29) is 6.03 Å². The molecule has 3 heterocycles. The second kappa shape index (κ2) is 7.41. The number of aromatic nitrogens is 2. The second-order valence-electron chi connectivity index (χ2n) is 6.67. The number of amides is 2. The molecule has 0 atom stereocenters. The SMILES string of the molecule is O=C(NCc1cc2cc(Cl)c(CCc3ccon3)cc2[nH]1)N1CCCC1. The Morgan fingerprint density at radius 3 is 2.88 bits per heavy atom.